The molecule has 1 heterocycles. The van der Waals surface area contributed by atoms with Crippen LogP contribution in [0.1, 0.15) is 19.2 Å². The van der Waals surface area contributed by atoms with E-state index in [9.17, 15) is 0 Å². The molecular weight excluding hydrogens is 236 g/mol. The van der Waals surface area contributed by atoms with Crippen LogP contribution in [0.5, 0.6) is 0 Å². The van der Waals surface area contributed by atoms with Gasteiger partial charge in [-0.15, -0.1) is 0 Å². The second-order valence-electron chi connectivity index (χ2n) is 3.62. The smallest absolute Gasteiger partial charge is 0.140 e. The molecule has 1 aromatic heterocycles. The van der Waals surface area contributed by atoms with Crippen molar-refractivity contribution in [3.8, 4) is 0 Å². The maximum atomic E-state index is 4.98. The number of methoxy groups -OCH3 is 1. The first-order valence-corrected chi connectivity index (χ1v) is 7.18. The van der Waals surface area contributed by atoms with Crippen molar-refractivity contribution in [3.63, 3.8) is 0 Å². The van der Waals surface area contributed by atoms with Gasteiger partial charge >= 0.3 is 0 Å². The van der Waals surface area contributed by atoms with E-state index >= 15 is 0 Å². The van der Waals surface area contributed by atoms with Gasteiger partial charge in [-0.1, -0.05) is 6.92 Å². The summed E-state index contributed by atoms with van der Waals surface area (Å²) < 4.78 is 6.96. The molecule has 0 unspecified atom stereocenters. The summed E-state index contributed by atoms with van der Waals surface area (Å²) >= 11 is 1.97. The monoisotopic (exact) mass is 258 g/mol. The van der Waals surface area contributed by atoms with Gasteiger partial charge in [0.1, 0.15) is 12.2 Å². The molecule has 0 aromatic carbocycles. The molecule has 0 saturated heterocycles. The van der Waals surface area contributed by atoms with Gasteiger partial charge in [-0.3, -0.25) is 0 Å². The van der Waals surface area contributed by atoms with Gasteiger partial charge in [0.25, 0.3) is 0 Å². The largest absolute Gasteiger partial charge is 0.383 e. The van der Waals surface area contributed by atoms with Crippen LogP contribution in [0.25, 0.3) is 0 Å². The minimum atomic E-state index is 0.723. The van der Waals surface area contributed by atoms with Crippen molar-refractivity contribution in [2.75, 3.05) is 31.8 Å². The molecule has 0 atom stereocenters. The predicted octanol–water partition coefficient (Wildman–Crippen LogP) is 1.16. The molecule has 98 valence electrons. The van der Waals surface area contributed by atoms with Crippen molar-refractivity contribution in [2.24, 2.45) is 0 Å². The highest BCUT2D eigenvalue weighted by atomic mass is 32.2. The SMILES string of the molecule is CCSCCCn1ncnc1CNCCOC. The number of ether oxygens (including phenoxy) is 1. The maximum absolute atomic E-state index is 4.98. The number of nitrogens with zero attached hydrogens (tertiary/aromatic N) is 3. The normalized spacial score (nSPS) is 10.9. The molecule has 0 aliphatic rings. The van der Waals surface area contributed by atoms with Crippen molar-refractivity contribution in [2.45, 2.75) is 26.4 Å². The van der Waals surface area contributed by atoms with E-state index in [1.165, 1.54) is 11.5 Å². The Hall–Kier alpha value is -0.590. The predicted molar refractivity (Wildman–Crippen MR) is 71.2 cm³/mol. The van der Waals surface area contributed by atoms with E-state index < -0.39 is 0 Å². The van der Waals surface area contributed by atoms with Crippen LogP contribution < -0.4 is 5.32 Å². The lowest BCUT2D eigenvalue weighted by Crippen LogP contribution is -2.21. The zero-order valence-corrected chi connectivity index (χ0v) is 11.5. The number of thioether (sulfide) groups is 1. The third kappa shape index (κ3) is 6.05. The molecule has 0 fully saturated rings. The Bertz CT molecular complexity index is 266. The number of aromatic nitrogens is 3. The van der Waals surface area contributed by atoms with Gasteiger partial charge in [-0.05, 0) is 17.9 Å². The molecule has 0 aliphatic heterocycles. The summed E-state index contributed by atoms with van der Waals surface area (Å²) in [6.07, 6.45) is 2.77. The molecule has 1 N–H and O–H groups in total. The number of hydrogen-bond donors (Lipinski definition) is 1. The quantitative estimate of drug-likeness (QED) is 0.638. The van der Waals surface area contributed by atoms with Gasteiger partial charge in [0.2, 0.25) is 0 Å². The van der Waals surface area contributed by atoms with Crippen molar-refractivity contribution in [1.29, 1.82) is 0 Å². The standard InChI is InChI=1S/C11H22N4OS/c1-3-17-8-4-6-15-11(13-10-14-15)9-12-5-7-16-2/h10,12H,3-9H2,1-2H3. The van der Waals surface area contributed by atoms with Crippen LogP contribution in [0.15, 0.2) is 6.33 Å². The lowest BCUT2D eigenvalue weighted by molar-refractivity contribution is 0.198. The molecule has 0 saturated carbocycles. The van der Waals surface area contributed by atoms with E-state index in [4.69, 9.17) is 4.74 Å². The molecule has 0 radical (unpaired) electrons. The topological polar surface area (TPSA) is 52.0 Å². The van der Waals surface area contributed by atoms with Crippen LogP contribution in [0, 0.1) is 0 Å². The number of nitrogens with one attached hydrogen (secondary N) is 1. The fourth-order valence-electron chi connectivity index (χ4n) is 1.45. The van der Waals surface area contributed by atoms with Crippen LogP contribution in [0.2, 0.25) is 0 Å². The van der Waals surface area contributed by atoms with E-state index in [2.05, 4.69) is 22.3 Å². The van der Waals surface area contributed by atoms with E-state index in [1.54, 1.807) is 13.4 Å². The van der Waals surface area contributed by atoms with Crippen LogP contribution in [0.3, 0.4) is 0 Å². The second-order valence-corrected chi connectivity index (χ2v) is 5.01. The van der Waals surface area contributed by atoms with Gasteiger partial charge < -0.3 is 10.1 Å². The highest BCUT2D eigenvalue weighted by molar-refractivity contribution is 7.99. The second kappa shape index (κ2) is 9.44. The maximum Gasteiger partial charge on any atom is 0.140 e. The molecule has 5 nitrogen and oxygen atoms in total. The number of aryl methyl sites for hydroxylation is 1. The average molecular weight is 258 g/mol. The third-order valence-electron chi connectivity index (χ3n) is 2.32. The Morgan fingerprint density at radius 2 is 2.41 bits per heavy atom. The fourth-order valence-corrected chi connectivity index (χ4v) is 2.07. The van der Waals surface area contributed by atoms with Gasteiger partial charge in [-0.2, -0.15) is 16.9 Å². The molecule has 0 amide bonds. The van der Waals surface area contributed by atoms with Crippen LogP contribution in [-0.2, 0) is 17.8 Å². The summed E-state index contributed by atoms with van der Waals surface area (Å²) in [5.74, 6) is 3.37. The number of rotatable bonds is 10. The van der Waals surface area contributed by atoms with Crippen molar-refractivity contribution in [3.05, 3.63) is 12.2 Å². The molecule has 0 spiro atoms. The summed E-state index contributed by atoms with van der Waals surface area (Å²) in [5, 5.41) is 7.51. The molecule has 17 heavy (non-hydrogen) atoms. The lowest BCUT2D eigenvalue weighted by atomic mass is 10.4. The summed E-state index contributed by atoms with van der Waals surface area (Å²) in [5.41, 5.74) is 0. The van der Waals surface area contributed by atoms with E-state index in [0.717, 1.165) is 38.5 Å². The summed E-state index contributed by atoms with van der Waals surface area (Å²) in [7, 11) is 1.70. The minimum Gasteiger partial charge on any atom is -0.383 e. The van der Waals surface area contributed by atoms with E-state index in [1.807, 2.05) is 16.4 Å². The van der Waals surface area contributed by atoms with Gasteiger partial charge in [0.15, 0.2) is 0 Å². The van der Waals surface area contributed by atoms with Crippen LogP contribution in [-0.4, -0.2) is 46.5 Å². The molecular formula is C11H22N4OS. The molecule has 6 heteroatoms. The van der Waals surface area contributed by atoms with Crippen molar-refractivity contribution < 1.29 is 4.74 Å². The highest BCUT2D eigenvalue weighted by Gasteiger charge is 2.03. The summed E-state index contributed by atoms with van der Waals surface area (Å²) in [6.45, 7) is 5.46. The Kier molecular flexibility index (Phi) is 8.04. The first-order chi connectivity index (χ1) is 8.38. The van der Waals surface area contributed by atoms with Crippen LogP contribution >= 0.6 is 11.8 Å². The molecule has 1 rings (SSSR count). The summed E-state index contributed by atoms with van der Waals surface area (Å²) in [6, 6.07) is 0. The average Bonchev–Trinajstić information content (AvgIpc) is 2.78. The highest BCUT2D eigenvalue weighted by Crippen LogP contribution is 2.03. The Morgan fingerprint density at radius 3 is 3.18 bits per heavy atom. The number of hydrogen-bond acceptors (Lipinski definition) is 5. The van der Waals surface area contributed by atoms with E-state index in [0.29, 0.717) is 0 Å². The van der Waals surface area contributed by atoms with Crippen LogP contribution in [0.4, 0.5) is 0 Å². The zero-order chi connectivity index (χ0) is 12.3. The zero-order valence-electron chi connectivity index (χ0n) is 10.7. The Labute approximate surface area is 107 Å². The Balaban J connectivity index is 2.22. The first-order valence-electron chi connectivity index (χ1n) is 6.02. The fraction of sp³-hybridized carbons (Fsp3) is 0.818. The first kappa shape index (κ1) is 14.5. The lowest BCUT2D eigenvalue weighted by Gasteiger charge is -2.06. The minimum absolute atomic E-state index is 0.723. The van der Waals surface area contributed by atoms with Gasteiger partial charge in [0, 0.05) is 20.2 Å². The van der Waals surface area contributed by atoms with Crippen molar-refractivity contribution >= 4 is 11.8 Å². The van der Waals surface area contributed by atoms with E-state index in [-0.39, 0.29) is 0 Å². The van der Waals surface area contributed by atoms with Crippen molar-refractivity contribution in [1.82, 2.24) is 20.1 Å². The molecule has 0 aliphatic carbocycles. The molecule has 1 aromatic rings. The molecule has 0 bridgehead atoms. The summed E-state index contributed by atoms with van der Waals surface area (Å²) in [4.78, 5) is 4.25. The third-order valence-corrected chi connectivity index (χ3v) is 3.31. The van der Waals surface area contributed by atoms with Gasteiger partial charge in [0.05, 0.1) is 13.2 Å². The Morgan fingerprint density at radius 1 is 1.53 bits per heavy atom. The van der Waals surface area contributed by atoms with Gasteiger partial charge in [-0.25, -0.2) is 9.67 Å².